The molecule has 102 valence electrons. The second-order valence-corrected chi connectivity index (χ2v) is 5.31. The van der Waals surface area contributed by atoms with Crippen LogP contribution in [0, 0.1) is 0 Å². The van der Waals surface area contributed by atoms with Crippen LogP contribution in [-0.4, -0.2) is 48.4 Å². The van der Waals surface area contributed by atoms with E-state index in [4.69, 9.17) is 0 Å². The minimum atomic E-state index is -0.0159. The van der Waals surface area contributed by atoms with Crippen LogP contribution in [0.3, 0.4) is 0 Å². The molecule has 2 rings (SSSR count). The zero-order chi connectivity index (χ0) is 13.8. The van der Waals surface area contributed by atoms with Crippen LogP contribution < -0.4 is 0 Å². The lowest BCUT2D eigenvalue weighted by Crippen LogP contribution is -2.54. The van der Waals surface area contributed by atoms with Gasteiger partial charge in [-0.3, -0.25) is 9.69 Å². The third-order valence-electron chi connectivity index (χ3n) is 3.67. The van der Waals surface area contributed by atoms with Gasteiger partial charge in [0, 0.05) is 26.7 Å². The number of carbonyl (C=O) groups excluding carboxylic acids is 1. The zero-order valence-electron chi connectivity index (χ0n) is 12.0. The van der Waals surface area contributed by atoms with E-state index in [2.05, 4.69) is 30.0 Å². The van der Waals surface area contributed by atoms with Gasteiger partial charge < -0.3 is 4.90 Å². The maximum absolute atomic E-state index is 11.9. The molecule has 1 atom stereocenters. The first-order valence-electron chi connectivity index (χ1n) is 6.79. The molecule has 0 N–H and O–H groups in total. The predicted molar refractivity (Wildman–Crippen MR) is 78.8 cm³/mol. The average molecular weight is 258 g/mol. The summed E-state index contributed by atoms with van der Waals surface area (Å²) in [7, 11) is 1.88. The molecule has 0 spiro atoms. The molecule has 1 unspecified atom stereocenters. The Hall–Kier alpha value is -1.61. The van der Waals surface area contributed by atoms with Gasteiger partial charge in [0.2, 0.25) is 5.91 Å². The number of nitrogens with zero attached hydrogens (tertiary/aromatic N) is 2. The van der Waals surface area contributed by atoms with Crippen LogP contribution in [0.5, 0.6) is 0 Å². The predicted octanol–water partition coefficient (Wildman–Crippen LogP) is 2.25. The Morgan fingerprint density at radius 1 is 1.32 bits per heavy atom. The Labute approximate surface area is 115 Å². The fourth-order valence-corrected chi connectivity index (χ4v) is 2.47. The van der Waals surface area contributed by atoms with Crippen molar-refractivity contribution in [3.63, 3.8) is 0 Å². The minimum absolute atomic E-state index is 0.0159. The highest BCUT2D eigenvalue weighted by Gasteiger charge is 2.28. The van der Waals surface area contributed by atoms with Crippen molar-refractivity contribution in [3.8, 4) is 0 Å². The molecule has 1 fully saturated rings. The Kier molecular flexibility index (Phi) is 4.38. The van der Waals surface area contributed by atoms with Crippen LogP contribution in [0.4, 0.5) is 0 Å². The second-order valence-electron chi connectivity index (χ2n) is 5.31. The normalized spacial score (nSPS) is 21.8. The van der Waals surface area contributed by atoms with Crippen molar-refractivity contribution >= 4 is 12.0 Å². The molecule has 1 heterocycles. The number of piperazine rings is 1. The standard InChI is InChI=1S/C16H22N2O/c1-13(11-15-7-5-4-6-8-15)12-18-10-9-17(3)16(19)14(18)2/h4-8,11,14H,9-10,12H2,1-3H3. The lowest BCUT2D eigenvalue weighted by Gasteiger charge is -2.37. The van der Waals surface area contributed by atoms with Crippen molar-refractivity contribution in [2.24, 2.45) is 0 Å². The van der Waals surface area contributed by atoms with Gasteiger partial charge in [0.1, 0.15) is 0 Å². The van der Waals surface area contributed by atoms with Crippen molar-refractivity contribution in [1.82, 2.24) is 9.80 Å². The molecule has 1 aliphatic heterocycles. The number of hydrogen-bond donors (Lipinski definition) is 0. The van der Waals surface area contributed by atoms with Crippen molar-refractivity contribution < 1.29 is 4.79 Å². The fourth-order valence-electron chi connectivity index (χ4n) is 2.47. The highest BCUT2D eigenvalue weighted by Crippen LogP contribution is 2.13. The molecule has 1 saturated heterocycles. The summed E-state index contributed by atoms with van der Waals surface area (Å²) < 4.78 is 0. The highest BCUT2D eigenvalue weighted by molar-refractivity contribution is 5.82. The van der Waals surface area contributed by atoms with Gasteiger partial charge in [-0.2, -0.15) is 0 Å². The average Bonchev–Trinajstić information content (AvgIpc) is 2.41. The number of benzene rings is 1. The third kappa shape index (κ3) is 3.44. The van der Waals surface area contributed by atoms with Crippen molar-refractivity contribution in [2.45, 2.75) is 19.9 Å². The van der Waals surface area contributed by atoms with E-state index >= 15 is 0 Å². The maximum atomic E-state index is 11.9. The minimum Gasteiger partial charge on any atom is -0.343 e. The van der Waals surface area contributed by atoms with Crippen molar-refractivity contribution in [2.75, 3.05) is 26.7 Å². The molecule has 1 aromatic rings. The van der Waals surface area contributed by atoms with E-state index in [1.165, 1.54) is 11.1 Å². The lowest BCUT2D eigenvalue weighted by molar-refractivity contribution is -0.138. The van der Waals surface area contributed by atoms with E-state index in [-0.39, 0.29) is 11.9 Å². The molecule has 0 aliphatic carbocycles. The van der Waals surface area contributed by atoms with Gasteiger partial charge in [-0.1, -0.05) is 42.0 Å². The number of hydrogen-bond acceptors (Lipinski definition) is 2. The summed E-state index contributed by atoms with van der Waals surface area (Å²) >= 11 is 0. The Balaban J connectivity index is 2.01. The van der Waals surface area contributed by atoms with E-state index in [0.29, 0.717) is 0 Å². The summed E-state index contributed by atoms with van der Waals surface area (Å²) in [4.78, 5) is 16.0. The van der Waals surface area contributed by atoms with Crippen LogP contribution in [0.15, 0.2) is 35.9 Å². The molecule has 0 radical (unpaired) electrons. The summed E-state index contributed by atoms with van der Waals surface area (Å²) in [5, 5.41) is 0. The van der Waals surface area contributed by atoms with Gasteiger partial charge in [0.05, 0.1) is 6.04 Å². The van der Waals surface area contributed by atoms with E-state index in [0.717, 1.165) is 19.6 Å². The SMILES string of the molecule is CC(=Cc1ccccc1)CN1CCN(C)C(=O)C1C. The summed E-state index contributed by atoms with van der Waals surface area (Å²) in [6.45, 7) is 6.75. The van der Waals surface area contributed by atoms with E-state index in [9.17, 15) is 4.79 Å². The van der Waals surface area contributed by atoms with E-state index in [1.807, 2.05) is 37.1 Å². The lowest BCUT2D eigenvalue weighted by atomic mass is 10.1. The number of amides is 1. The molecule has 0 aromatic heterocycles. The third-order valence-corrected chi connectivity index (χ3v) is 3.67. The summed E-state index contributed by atoms with van der Waals surface area (Å²) in [6, 6.07) is 10.3. The highest BCUT2D eigenvalue weighted by atomic mass is 16.2. The van der Waals surface area contributed by atoms with E-state index in [1.54, 1.807) is 0 Å². The van der Waals surface area contributed by atoms with Gasteiger partial charge in [0.25, 0.3) is 0 Å². The molecule has 1 aromatic carbocycles. The van der Waals surface area contributed by atoms with Crippen LogP contribution in [0.2, 0.25) is 0 Å². The molecule has 1 amide bonds. The van der Waals surface area contributed by atoms with Gasteiger partial charge in [0.15, 0.2) is 0 Å². The number of likely N-dealkylation sites (N-methyl/N-ethyl adjacent to an activating group) is 1. The molecule has 19 heavy (non-hydrogen) atoms. The number of rotatable bonds is 3. The quantitative estimate of drug-likeness (QED) is 0.830. The van der Waals surface area contributed by atoms with E-state index < -0.39 is 0 Å². The number of carbonyl (C=O) groups is 1. The van der Waals surface area contributed by atoms with Gasteiger partial charge in [-0.15, -0.1) is 0 Å². The van der Waals surface area contributed by atoms with Crippen LogP contribution in [-0.2, 0) is 4.79 Å². The molecular formula is C16H22N2O. The summed E-state index contributed by atoms with van der Waals surface area (Å²) in [5.41, 5.74) is 2.50. The van der Waals surface area contributed by atoms with Crippen molar-refractivity contribution in [1.29, 1.82) is 0 Å². The fraction of sp³-hybridized carbons (Fsp3) is 0.438. The molecule has 1 aliphatic rings. The van der Waals surface area contributed by atoms with Crippen LogP contribution in [0.25, 0.3) is 6.08 Å². The Morgan fingerprint density at radius 3 is 2.68 bits per heavy atom. The first kappa shape index (κ1) is 13.8. The molecule has 3 heteroatoms. The second kappa shape index (κ2) is 6.02. The largest absolute Gasteiger partial charge is 0.343 e. The zero-order valence-corrected chi connectivity index (χ0v) is 12.0. The first-order chi connectivity index (χ1) is 9.08. The monoisotopic (exact) mass is 258 g/mol. The first-order valence-corrected chi connectivity index (χ1v) is 6.79. The Bertz CT molecular complexity index is 467. The topological polar surface area (TPSA) is 23.6 Å². The summed E-state index contributed by atoms with van der Waals surface area (Å²) in [5.74, 6) is 0.221. The van der Waals surface area contributed by atoms with Gasteiger partial charge >= 0.3 is 0 Å². The summed E-state index contributed by atoms with van der Waals surface area (Å²) in [6.07, 6.45) is 2.19. The van der Waals surface area contributed by atoms with Crippen LogP contribution in [0.1, 0.15) is 19.4 Å². The van der Waals surface area contributed by atoms with Gasteiger partial charge in [-0.05, 0) is 19.4 Å². The maximum Gasteiger partial charge on any atom is 0.239 e. The molecular weight excluding hydrogens is 236 g/mol. The van der Waals surface area contributed by atoms with Gasteiger partial charge in [-0.25, -0.2) is 0 Å². The van der Waals surface area contributed by atoms with Crippen molar-refractivity contribution in [3.05, 3.63) is 41.5 Å². The Morgan fingerprint density at radius 2 is 2.00 bits per heavy atom. The van der Waals surface area contributed by atoms with Crippen LogP contribution >= 0.6 is 0 Å². The smallest absolute Gasteiger partial charge is 0.239 e. The molecule has 0 bridgehead atoms. The molecule has 3 nitrogen and oxygen atoms in total. The molecule has 0 saturated carbocycles.